The maximum absolute atomic E-state index is 11.6. The predicted molar refractivity (Wildman–Crippen MR) is 114 cm³/mol. The second-order valence-corrected chi connectivity index (χ2v) is 8.38. The normalized spacial score (nSPS) is 12.2. The molecule has 1 unspecified atom stereocenters. The number of carboxylic acid groups (broad SMARTS) is 1. The molecule has 1 atom stereocenters. The number of aliphatic carboxylic acids is 1. The lowest BCUT2D eigenvalue weighted by atomic mass is 10.0. The van der Waals surface area contributed by atoms with Crippen LogP contribution in [0.4, 0.5) is 0 Å². The lowest BCUT2D eigenvalue weighted by molar-refractivity contribution is -0.150. The van der Waals surface area contributed by atoms with Gasteiger partial charge in [0.2, 0.25) is 0 Å². The molecule has 0 aliphatic heterocycles. The van der Waals surface area contributed by atoms with Crippen molar-refractivity contribution in [2.45, 2.75) is 38.7 Å². The van der Waals surface area contributed by atoms with Crippen molar-refractivity contribution in [2.75, 3.05) is 6.61 Å². The summed E-state index contributed by atoms with van der Waals surface area (Å²) >= 11 is 6.27. The van der Waals surface area contributed by atoms with Crippen LogP contribution in [0, 0.1) is 10.7 Å². The van der Waals surface area contributed by atoms with Crippen molar-refractivity contribution in [3.05, 3.63) is 27.9 Å². The minimum absolute atomic E-state index is 0.217. The molecule has 0 saturated carbocycles. The van der Waals surface area contributed by atoms with Gasteiger partial charge >= 0.3 is 5.97 Å². The highest BCUT2D eigenvalue weighted by Crippen LogP contribution is 2.29. The molecule has 3 N–H and O–H groups in total. The quantitative estimate of drug-likeness (QED) is 0.313. The summed E-state index contributed by atoms with van der Waals surface area (Å²) in [5.74, 6) is -1.50. The molecule has 128 valence electrons. The first-order valence-corrected chi connectivity index (χ1v) is 10.3. The minimum atomic E-state index is -0.993. The van der Waals surface area contributed by atoms with Crippen molar-refractivity contribution >= 4 is 79.6 Å². The van der Waals surface area contributed by atoms with Crippen molar-refractivity contribution in [3.63, 3.8) is 0 Å². The van der Waals surface area contributed by atoms with Gasteiger partial charge < -0.3 is 15.6 Å². The number of benzene rings is 1. The summed E-state index contributed by atoms with van der Waals surface area (Å²) in [4.78, 5) is 23.1. The van der Waals surface area contributed by atoms with E-state index in [0.29, 0.717) is 15.7 Å². The van der Waals surface area contributed by atoms with E-state index in [1.165, 1.54) is 0 Å². The van der Waals surface area contributed by atoms with Gasteiger partial charge in [-0.2, -0.15) is 0 Å². The number of hydrogen-bond donors (Lipinski definition) is 2. The SMILES string of the molecule is CCCCCOC(Cc1c(I)cc(I)c(C(N)=O)c1I)C(=O)O. The summed E-state index contributed by atoms with van der Waals surface area (Å²) in [6.45, 7) is 2.50. The van der Waals surface area contributed by atoms with Gasteiger partial charge in [0.05, 0.1) is 5.56 Å². The zero-order valence-electron chi connectivity index (χ0n) is 12.6. The van der Waals surface area contributed by atoms with Gasteiger partial charge in [-0.05, 0) is 85.8 Å². The van der Waals surface area contributed by atoms with Crippen LogP contribution in [-0.2, 0) is 16.0 Å². The third-order valence-electron chi connectivity index (χ3n) is 3.24. The number of halogens is 3. The number of carbonyl (C=O) groups excluding carboxylic acids is 1. The zero-order valence-corrected chi connectivity index (χ0v) is 19.0. The molecule has 0 aliphatic carbocycles. The Hall–Kier alpha value is 0.310. The van der Waals surface area contributed by atoms with Gasteiger partial charge in [0.15, 0.2) is 6.10 Å². The number of unbranched alkanes of at least 4 members (excludes halogenated alkanes) is 2. The molecule has 0 aliphatic rings. The zero-order chi connectivity index (χ0) is 17.6. The first-order valence-electron chi connectivity index (χ1n) is 7.10. The number of hydrogen-bond acceptors (Lipinski definition) is 3. The van der Waals surface area contributed by atoms with Crippen LogP contribution >= 0.6 is 67.8 Å². The van der Waals surface area contributed by atoms with Gasteiger partial charge in [0, 0.05) is 23.7 Å². The lowest BCUT2D eigenvalue weighted by Crippen LogP contribution is -2.28. The van der Waals surface area contributed by atoms with E-state index in [0.717, 1.165) is 32.0 Å². The Morgan fingerprint density at radius 1 is 1.26 bits per heavy atom. The predicted octanol–water partition coefficient (Wildman–Crippen LogP) is 3.80. The average molecular weight is 657 g/mol. The van der Waals surface area contributed by atoms with Crippen LogP contribution in [-0.4, -0.2) is 29.7 Å². The van der Waals surface area contributed by atoms with Crippen LogP contribution in [0.5, 0.6) is 0 Å². The second kappa shape index (κ2) is 10.3. The lowest BCUT2D eigenvalue weighted by Gasteiger charge is -2.17. The monoisotopic (exact) mass is 657 g/mol. The summed E-state index contributed by atoms with van der Waals surface area (Å²) < 4.78 is 7.90. The highest BCUT2D eigenvalue weighted by Gasteiger charge is 2.24. The number of primary amides is 1. The van der Waals surface area contributed by atoms with E-state index in [9.17, 15) is 14.7 Å². The fourth-order valence-corrected chi connectivity index (χ4v) is 6.37. The number of nitrogens with two attached hydrogens (primary N) is 1. The molecule has 1 rings (SSSR count). The molecule has 0 saturated heterocycles. The minimum Gasteiger partial charge on any atom is -0.479 e. The van der Waals surface area contributed by atoms with E-state index in [1.54, 1.807) is 0 Å². The molecule has 23 heavy (non-hydrogen) atoms. The summed E-state index contributed by atoms with van der Waals surface area (Å²) in [6.07, 6.45) is 2.20. The van der Waals surface area contributed by atoms with Crippen molar-refractivity contribution in [2.24, 2.45) is 5.73 Å². The molecule has 0 radical (unpaired) electrons. The van der Waals surface area contributed by atoms with Gasteiger partial charge in [-0.3, -0.25) is 4.79 Å². The van der Waals surface area contributed by atoms with Crippen LogP contribution in [0.25, 0.3) is 0 Å². The Morgan fingerprint density at radius 2 is 1.91 bits per heavy atom. The van der Waals surface area contributed by atoms with E-state index in [-0.39, 0.29) is 6.42 Å². The fourth-order valence-electron chi connectivity index (χ4n) is 2.02. The Morgan fingerprint density at radius 3 is 2.43 bits per heavy atom. The van der Waals surface area contributed by atoms with E-state index < -0.39 is 18.0 Å². The van der Waals surface area contributed by atoms with Gasteiger partial charge in [-0.25, -0.2) is 4.79 Å². The molecular weight excluding hydrogens is 639 g/mol. The van der Waals surface area contributed by atoms with Crippen LogP contribution in [0.15, 0.2) is 6.07 Å². The molecule has 1 aromatic rings. The average Bonchev–Trinajstić information content (AvgIpc) is 2.44. The van der Waals surface area contributed by atoms with Crippen molar-refractivity contribution in [3.8, 4) is 0 Å². The first-order chi connectivity index (χ1) is 10.8. The fraction of sp³-hybridized carbons (Fsp3) is 0.467. The Kier molecular flexibility index (Phi) is 9.59. The number of amides is 1. The molecule has 0 bridgehead atoms. The summed E-state index contributed by atoms with van der Waals surface area (Å²) in [5, 5.41) is 9.38. The van der Waals surface area contributed by atoms with Crippen LogP contribution in [0.3, 0.4) is 0 Å². The smallest absolute Gasteiger partial charge is 0.333 e. The van der Waals surface area contributed by atoms with Crippen molar-refractivity contribution < 1.29 is 19.4 Å². The second-order valence-electron chi connectivity index (χ2n) is 4.98. The molecule has 0 heterocycles. The topological polar surface area (TPSA) is 89.6 Å². The van der Waals surface area contributed by atoms with Crippen molar-refractivity contribution in [1.82, 2.24) is 0 Å². The highest BCUT2D eigenvalue weighted by atomic mass is 127. The van der Waals surface area contributed by atoms with E-state index in [1.807, 2.05) is 6.07 Å². The number of rotatable bonds is 9. The van der Waals surface area contributed by atoms with E-state index >= 15 is 0 Å². The van der Waals surface area contributed by atoms with Crippen molar-refractivity contribution in [1.29, 1.82) is 0 Å². The summed E-state index contributed by atoms with van der Waals surface area (Å²) in [5.41, 5.74) is 6.68. The van der Waals surface area contributed by atoms with E-state index in [2.05, 4.69) is 74.7 Å². The summed E-state index contributed by atoms with van der Waals surface area (Å²) in [7, 11) is 0. The van der Waals surface area contributed by atoms with E-state index in [4.69, 9.17) is 10.5 Å². The summed E-state index contributed by atoms with van der Waals surface area (Å²) in [6, 6.07) is 1.84. The van der Waals surface area contributed by atoms with Gasteiger partial charge in [0.1, 0.15) is 0 Å². The Balaban J connectivity index is 3.02. The molecule has 0 aromatic heterocycles. The van der Waals surface area contributed by atoms with Gasteiger partial charge in [0.25, 0.3) is 5.91 Å². The maximum atomic E-state index is 11.6. The molecule has 0 spiro atoms. The third-order valence-corrected chi connectivity index (χ3v) is 6.25. The number of ether oxygens (including phenoxy) is 1. The first kappa shape index (κ1) is 21.4. The Labute approximate surface area is 176 Å². The maximum Gasteiger partial charge on any atom is 0.333 e. The Bertz CT molecular complexity index is 593. The standard InChI is InChI=1S/C15H18I3NO4/c1-2-3-4-5-23-11(15(21)22)6-8-9(16)7-10(17)12(13(8)18)14(19)20/h7,11H,2-6H2,1H3,(H2,19,20)(H,21,22). The van der Waals surface area contributed by atoms with Gasteiger partial charge in [-0.1, -0.05) is 19.8 Å². The molecular formula is C15H18I3NO4. The highest BCUT2D eigenvalue weighted by molar-refractivity contribution is 14.1. The largest absolute Gasteiger partial charge is 0.479 e. The van der Waals surface area contributed by atoms with Gasteiger partial charge in [-0.15, -0.1) is 0 Å². The molecule has 0 fully saturated rings. The molecule has 5 nitrogen and oxygen atoms in total. The third kappa shape index (κ3) is 6.27. The molecule has 8 heteroatoms. The molecule has 1 amide bonds. The van der Waals surface area contributed by atoms with Crippen LogP contribution in [0.1, 0.15) is 42.1 Å². The number of carboxylic acids is 1. The van der Waals surface area contributed by atoms with Crippen LogP contribution < -0.4 is 5.73 Å². The molecule has 1 aromatic carbocycles. The number of carbonyl (C=O) groups is 2. The van der Waals surface area contributed by atoms with Crippen LogP contribution in [0.2, 0.25) is 0 Å².